The zero-order valence-corrected chi connectivity index (χ0v) is 15.4. The van der Waals surface area contributed by atoms with Crippen LogP contribution >= 0.6 is 0 Å². The summed E-state index contributed by atoms with van der Waals surface area (Å²) in [5.41, 5.74) is 0.841. The Balaban J connectivity index is 1.67. The summed E-state index contributed by atoms with van der Waals surface area (Å²) < 4.78 is 26.6. The van der Waals surface area contributed by atoms with Gasteiger partial charge < -0.3 is 10.0 Å². The van der Waals surface area contributed by atoms with Crippen LogP contribution in [0.25, 0.3) is 0 Å². The summed E-state index contributed by atoms with van der Waals surface area (Å²) >= 11 is 0. The highest BCUT2D eigenvalue weighted by Crippen LogP contribution is 2.45. The van der Waals surface area contributed by atoms with Crippen molar-refractivity contribution in [2.45, 2.75) is 50.0 Å². The summed E-state index contributed by atoms with van der Waals surface area (Å²) in [5, 5.41) is 9.21. The fourth-order valence-corrected chi connectivity index (χ4v) is 5.04. The number of rotatable bonds is 5. The number of nitrogens with one attached hydrogen (secondary N) is 1. The van der Waals surface area contributed by atoms with Crippen LogP contribution < -0.4 is 4.72 Å². The minimum absolute atomic E-state index is 0.0235. The lowest BCUT2D eigenvalue weighted by Crippen LogP contribution is -2.32. The van der Waals surface area contributed by atoms with E-state index in [9.17, 15) is 18.3 Å². The molecule has 1 saturated carbocycles. The Bertz CT molecular complexity index is 722. The fourth-order valence-electron chi connectivity index (χ4n) is 3.91. The first-order chi connectivity index (χ1) is 11.8. The predicted octanol–water partition coefficient (Wildman–Crippen LogP) is 1.75. The molecule has 1 aliphatic heterocycles. The standard InChI is InChI=1S/C18H26N2O4S/c1-14(21)12-19-25(23,24)16-6-4-15(5-7-16)17(22)20-11-10-18(13-20)8-2-3-9-18/h4-7,14,19,21H,2-3,8-13H2,1H3. The molecular weight excluding hydrogens is 340 g/mol. The van der Waals surface area contributed by atoms with Gasteiger partial charge in [-0.1, -0.05) is 12.8 Å². The SMILES string of the molecule is CC(O)CNS(=O)(=O)c1ccc(C(=O)N2CCC3(CCCC3)C2)cc1. The number of carbonyl (C=O) groups is 1. The molecule has 7 heteroatoms. The van der Waals surface area contributed by atoms with Crippen molar-refractivity contribution in [2.75, 3.05) is 19.6 Å². The van der Waals surface area contributed by atoms with Gasteiger partial charge in [-0.15, -0.1) is 0 Å². The topological polar surface area (TPSA) is 86.7 Å². The van der Waals surface area contributed by atoms with Crippen molar-refractivity contribution in [2.24, 2.45) is 5.41 Å². The van der Waals surface area contributed by atoms with Crippen LogP contribution in [0.5, 0.6) is 0 Å². The van der Waals surface area contributed by atoms with Gasteiger partial charge in [0.2, 0.25) is 10.0 Å². The van der Waals surface area contributed by atoms with Crippen LogP contribution in [0.4, 0.5) is 0 Å². The Labute approximate surface area is 149 Å². The second-order valence-electron chi connectivity index (χ2n) is 7.41. The molecule has 1 heterocycles. The molecular formula is C18H26N2O4S. The number of benzene rings is 1. The first-order valence-electron chi connectivity index (χ1n) is 8.88. The fraction of sp³-hybridized carbons (Fsp3) is 0.611. The molecule has 1 aromatic carbocycles. The first kappa shape index (κ1) is 18.4. The number of aliphatic hydroxyl groups is 1. The average molecular weight is 366 g/mol. The van der Waals surface area contributed by atoms with E-state index in [0.29, 0.717) is 11.0 Å². The van der Waals surface area contributed by atoms with Gasteiger partial charge in [-0.05, 0) is 55.9 Å². The van der Waals surface area contributed by atoms with E-state index < -0.39 is 16.1 Å². The van der Waals surface area contributed by atoms with E-state index in [4.69, 9.17) is 0 Å². The van der Waals surface area contributed by atoms with Crippen LogP contribution in [0.1, 0.15) is 49.4 Å². The van der Waals surface area contributed by atoms with Gasteiger partial charge in [0.1, 0.15) is 0 Å². The largest absolute Gasteiger partial charge is 0.392 e. The van der Waals surface area contributed by atoms with E-state index in [1.165, 1.54) is 44.7 Å². The minimum Gasteiger partial charge on any atom is -0.392 e. The van der Waals surface area contributed by atoms with E-state index in [0.717, 1.165) is 19.5 Å². The van der Waals surface area contributed by atoms with Crippen LogP contribution in [0.3, 0.4) is 0 Å². The van der Waals surface area contributed by atoms with Gasteiger partial charge in [0.15, 0.2) is 0 Å². The Kier molecular flexibility index (Phi) is 5.18. The molecule has 1 aliphatic carbocycles. The summed E-state index contributed by atoms with van der Waals surface area (Å²) in [7, 11) is -3.67. The molecule has 138 valence electrons. The third-order valence-corrected chi connectivity index (χ3v) is 6.81. The summed E-state index contributed by atoms with van der Waals surface area (Å²) in [6.45, 7) is 3.08. The molecule has 1 amide bonds. The lowest BCUT2D eigenvalue weighted by molar-refractivity contribution is 0.0773. The highest BCUT2D eigenvalue weighted by atomic mass is 32.2. The van der Waals surface area contributed by atoms with E-state index >= 15 is 0 Å². The molecule has 2 aliphatic rings. The third-order valence-electron chi connectivity index (χ3n) is 5.37. The maximum Gasteiger partial charge on any atom is 0.253 e. The molecule has 1 saturated heterocycles. The zero-order valence-electron chi connectivity index (χ0n) is 14.6. The predicted molar refractivity (Wildman–Crippen MR) is 94.7 cm³/mol. The van der Waals surface area contributed by atoms with Crippen molar-refractivity contribution in [3.05, 3.63) is 29.8 Å². The molecule has 1 spiro atoms. The molecule has 3 rings (SSSR count). The maximum absolute atomic E-state index is 12.7. The summed E-state index contributed by atoms with van der Waals surface area (Å²) in [4.78, 5) is 14.7. The maximum atomic E-state index is 12.7. The van der Waals surface area contributed by atoms with Gasteiger partial charge in [0.25, 0.3) is 5.91 Å². The minimum atomic E-state index is -3.67. The highest BCUT2D eigenvalue weighted by molar-refractivity contribution is 7.89. The number of sulfonamides is 1. The Morgan fingerprint density at radius 2 is 1.88 bits per heavy atom. The number of carbonyl (C=O) groups excluding carboxylic acids is 1. The number of aliphatic hydroxyl groups excluding tert-OH is 1. The van der Waals surface area contributed by atoms with Crippen LogP contribution in [0.15, 0.2) is 29.2 Å². The Morgan fingerprint density at radius 3 is 2.48 bits per heavy atom. The third kappa shape index (κ3) is 4.04. The van der Waals surface area contributed by atoms with E-state index in [2.05, 4.69) is 4.72 Å². The van der Waals surface area contributed by atoms with Gasteiger partial charge in [0.05, 0.1) is 11.0 Å². The number of hydrogen-bond donors (Lipinski definition) is 2. The second-order valence-corrected chi connectivity index (χ2v) is 9.18. The van der Waals surface area contributed by atoms with Crippen LogP contribution in [-0.4, -0.2) is 50.1 Å². The van der Waals surface area contributed by atoms with Crippen LogP contribution in [0.2, 0.25) is 0 Å². The molecule has 6 nitrogen and oxygen atoms in total. The summed E-state index contributed by atoms with van der Waals surface area (Å²) in [6, 6.07) is 6.02. The van der Waals surface area contributed by atoms with Crippen molar-refractivity contribution in [3.8, 4) is 0 Å². The van der Waals surface area contributed by atoms with Crippen molar-refractivity contribution in [1.29, 1.82) is 0 Å². The summed E-state index contributed by atoms with van der Waals surface area (Å²) in [5.74, 6) is -0.0235. The van der Waals surface area contributed by atoms with Crippen molar-refractivity contribution in [1.82, 2.24) is 9.62 Å². The van der Waals surface area contributed by atoms with Crippen LogP contribution in [0, 0.1) is 5.41 Å². The smallest absolute Gasteiger partial charge is 0.253 e. The quantitative estimate of drug-likeness (QED) is 0.831. The van der Waals surface area contributed by atoms with Crippen molar-refractivity contribution in [3.63, 3.8) is 0 Å². The zero-order chi connectivity index (χ0) is 18.1. The first-order valence-corrected chi connectivity index (χ1v) is 10.4. The van der Waals surface area contributed by atoms with Crippen molar-refractivity contribution < 1.29 is 18.3 Å². The monoisotopic (exact) mass is 366 g/mol. The van der Waals surface area contributed by atoms with Gasteiger partial charge in [-0.3, -0.25) is 4.79 Å². The molecule has 1 aromatic rings. The molecule has 0 radical (unpaired) electrons. The van der Waals surface area contributed by atoms with Crippen molar-refractivity contribution >= 4 is 15.9 Å². The second kappa shape index (κ2) is 7.05. The number of amides is 1. The molecule has 2 fully saturated rings. The lowest BCUT2D eigenvalue weighted by Gasteiger charge is -2.23. The molecule has 1 unspecified atom stereocenters. The molecule has 2 N–H and O–H groups in total. The van der Waals surface area contributed by atoms with Crippen LogP contribution in [-0.2, 0) is 10.0 Å². The molecule has 1 atom stereocenters. The summed E-state index contributed by atoms with van der Waals surface area (Å²) in [6.07, 6.45) is 5.26. The van der Waals surface area contributed by atoms with Gasteiger partial charge >= 0.3 is 0 Å². The highest BCUT2D eigenvalue weighted by Gasteiger charge is 2.41. The van der Waals surface area contributed by atoms with E-state index in [1.54, 1.807) is 12.1 Å². The molecule has 0 aromatic heterocycles. The van der Waals surface area contributed by atoms with E-state index in [1.807, 2.05) is 4.90 Å². The molecule has 25 heavy (non-hydrogen) atoms. The molecule has 0 bridgehead atoms. The number of likely N-dealkylation sites (tertiary alicyclic amines) is 1. The van der Waals surface area contributed by atoms with E-state index in [-0.39, 0.29) is 17.3 Å². The lowest BCUT2D eigenvalue weighted by atomic mass is 9.86. The number of hydrogen-bond acceptors (Lipinski definition) is 4. The van der Waals surface area contributed by atoms with Gasteiger partial charge in [-0.25, -0.2) is 13.1 Å². The van der Waals surface area contributed by atoms with Gasteiger partial charge in [-0.2, -0.15) is 0 Å². The Hall–Kier alpha value is -1.44. The van der Waals surface area contributed by atoms with Gasteiger partial charge in [0, 0.05) is 25.2 Å². The Morgan fingerprint density at radius 1 is 1.24 bits per heavy atom. The average Bonchev–Trinajstić information content (AvgIpc) is 3.23. The normalized spacial score (nSPS) is 21.0. The number of nitrogens with zero attached hydrogens (tertiary/aromatic N) is 1.